The first-order valence-corrected chi connectivity index (χ1v) is 5.34. The van der Waals surface area contributed by atoms with Gasteiger partial charge in [0.25, 0.3) is 0 Å². The van der Waals surface area contributed by atoms with Crippen LogP contribution in [-0.4, -0.2) is 36.1 Å². The first-order chi connectivity index (χ1) is 7.69. The molecular formula is C11H12ClNO3. The molecule has 1 aromatic carbocycles. The number of anilines is 1. The fourth-order valence-electron chi connectivity index (χ4n) is 1.75. The van der Waals surface area contributed by atoms with Crippen molar-refractivity contribution in [1.29, 1.82) is 0 Å². The van der Waals surface area contributed by atoms with Crippen LogP contribution in [0.15, 0.2) is 24.3 Å². The molecule has 0 radical (unpaired) electrons. The van der Waals surface area contributed by atoms with Crippen molar-refractivity contribution in [2.45, 2.75) is 11.4 Å². The number of hydrogen-bond acceptors (Lipinski definition) is 3. The lowest BCUT2D eigenvalue weighted by atomic mass is 10.0. The van der Waals surface area contributed by atoms with Crippen LogP contribution in [0.2, 0.25) is 0 Å². The third-order valence-electron chi connectivity index (χ3n) is 2.68. The van der Waals surface area contributed by atoms with Gasteiger partial charge in [0.1, 0.15) is 11.1 Å². The van der Waals surface area contributed by atoms with E-state index in [1.807, 2.05) is 0 Å². The van der Waals surface area contributed by atoms with E-state index in [2.05, 4.69) is 0 Å². The van der Waals surface area contributed by atoms with Crippen LogP contribution in [0.1, 0.15) is 0 Å². The molecule has 1 heterocycles. The van der Waals surface area contributed by atoms with Crippen LogP contribution in [0, 0.1) is 0 Å². The Labute approximate surface area is 98.4 Å². The van der Waals surface area contributed by atoms with Gasteiger partial charge >= 0.3 is 0 Å². The smallest absolute Gasteiger partial charge is 0.247 e. The normalized spacial score (nSPS) is 24.2. The summed E-state index contributed by atoms with van der Waals surface area (Å²) < 4.78 is 5.02. The molecule has 2 atom stereocenters. The number of amides is 1. The van der Waals surface area contributed by atoms with Gasteiger partial charge in [0.15, 0.2) is 0 Å². The van der Waals surface area contributed by atoms with Crippen LogP contribution in [0.3, 0.4) is 0 Å². The number of aliphatic hydroxyl groups is 1. The average molecular weight is 242 g/mol. The van der Waals surface area contributed by atoms with E-state index in [4.69, 9.17) is 21.4 Å². The molecule has 0 aliphatic carbocycles. The zero-order valence-electron chi connectivity index (χ0n) is 8.76. The summed E-state index contributed by atoms with van der Waals surface area (Å²) in [6, 6.07) is 6.73. The van der Waals surface area contributed by atoms with E-state index in [1.54, 1.807) is 31.4 Å². The molecule has 1 N–H and O–H groups in total. The molecule has 0 spiro atoms. The van der Waals surface area contributed by atoms with Crippen molar-refractivity contribution in [3.05, 3.63) is 24.3 Å². The largest absolute Gasteiger partial charge is 0.497 e. The van der Waals surface area contributed by atoms with Gasteiger partial charge in [-0.2, -0.15) is 0 Å². The van der Waals surface area contributed by atoms with Crippen molar-refractivity contribution < 1.29 is 14.6 Å². The summed E-state index contributed by atoms with van der Waals surface area (Å²) in [5.74, 6) is 0.547. The van der Waals surface area contributed by atoms with Crippen LogP contribution in [0.5, 0.6) is 5.75 Å². The highest BCUT2D eigenvalue weighted by atomic mass is 35.5. The predicted molar refractivity (Wildman–Crippen MR) is 61.0 cm³/mol. The maximum absolute atomic E-state index is 11.5. The van der Waals surface area contributed by atoms with Gasteiger partial charge in [0, 0.05) is 5.69 Å². The minimum atomic E-state index is -0.618. The first kappa shape index (κ1) is 11.2. The Hall–Kier alpha value is -1.26. The topological polar surface area (TPSA) is 49.8 Å². The second-order valence-corrected chi connectivity index (χ2v) is 4.03. The van der Waals surface area contributed by atoms with Gasteiger partial charge in [-0.25, -0.2) is 0 Å². The fraction of sp³-hybridized carbons (Fsp3) is 0.364. The third-order valence-corrected chi connectivity index (χ3v) is 3.16. The minimum absolute atomic E-state index is 0.133. The van der Waals surface area contributed by atoms with E-state index in [1.165, 1.54) is 4.90 Å². The van der Waals surface area contributed by atoms with Gasteiger partial charge in [-0.15, -0.1) is 11.6 Å². The van der Waals surface area contributed by atoms with E-state index in [9.17, 15) is 4.79 Å². The van der Waals surface area contributed by atoms with Gasteiger partial charge in [-0.05, 0) is 24.3 Å². The van der Waals surface area contributed by atoms with Crippen LogP contribution in [-0.2, 0) is 4.79 Å². The Morgan fingerprint density at radius 2 is 2.06 bits per heavy atom. The number of nitrogens with zero attached hydrogens (tertiary/aromatic N) is 1. The highest BCUT2D eigenvalue weighted by Crippen LogP contribution is 2.32. The molecule has 0 bridgehead atoms. The summed E-state index contributed by atoms with van der Waals surface area (Å²) in [5, 5.41) is 8.49. The Kier molecular flexibility index (Phi) is 3.03. The van der Waals surface area contributed by atoms with Gasteiger partial charge in [-0.1, -0.05) is 0 Å². The van der Waals surface area contributed by atoms with Gasteiger partial charge in [0.2, 0.25) is 5.91 Å². The van der Waals surface area contributed by atoms with Gasteiger partial charge in [-0.3, -0.25) is 4.79 Å². The number of alkyl halides is 1. The van der Waals surface area contributed by atoms with Crippen molar-refractivity contribution in [3.63, 3.8) is 0 Å². The van der Waals surface area contributed by atoms with Gasteiger partial charge < -0.3 is 14.7 Å². The monoisotopic (exact) mass is 241 g/mol. The molecule has 5 heteroatoms. The zero-order chi connectivity index (χ0) is 11.7. The summed E-state index contributed by atoms with van der Waals surface area (Å²) in [4.78, 5) is 13.0. The number of β-lactam (4-membered cyclic amide) rings is 1. The maximum atomic E-state index is 11.5. The van der Waals surface area contributed by atoms with E-state index >= 15 is 0 Å². The number of rotatable bonds is 3. The highest BCUT2D eigenvalue weighted by molar-refractivity contribution is 6.37. The van der Waals surface area contributed by atoms with Crippen molar-refractivity contribution in [2.24, 2.45) is 0 Å². The number of aliphatic hydroxyl groups excluding tert-OH is 1. The van der Waals surface area contributed by atoms with Crippen LogP contribution in [0.4, 0.5) is 5.69 Å². The van der Waals surface area contributed by atoms with Crippen molar-refractivity contribution in [3.8, 4) is 5.75 Å². The maximum Gasteiger partial charge on any atom is 0.247 e. The molecule has 16 heavy (non-hydrogen) atoms. The van der Waals surface area contributed by atoms with E-state index in [0.29, 0.717) is 0 Å². The molecular weight excluding hydrogens is 230 g/mol. The number of carbonyl (C=O) groups excluding carboxylic acids is 1. The number of hydrogen-bond donors (Lipinski definition) is 1. The molecule has 0 saturated carbocycles. The lowest BCUT2D eigenvalue weighted by Crippen LogP contribution is -2.64. The van der Waals surface area contributed by atoms with Crippen molar-refractivity contribution in [1.82, 2.24) is 0 Å². The molecule has 1 fully saturated rings. The molecule has 1 aliphatic heterocycles. The summed E-state index contributed by atoms with van der Waals surface area (Å²) in [5.41, 5.74) is 0.724. The number of methoxy groups -OCH3 is 1. The quantitative estimate of drug-likeness (QED) is 0.635. The number of ether oxygens (including phenoxy) is 1. The molecule has 1 aromatic rings. The molecule has 1 aliphatic rings. The summed E-state index contributed by atoms with van der Waals surface area (Å²) in [7, 11) is 1.58. The van der Waals surface area contributed by atoms with E-state index < -0.39 is 5.38 Å². The first-order valence-electron chi connectivity index (χ1n) is 4.91. The lowest BCUT2D eigenvalue weighted by Gasteiger charge is -2.43. The van der Waals surface area contributed by atoms with Crippen molar-refractivity contribution >= 4 is 23.2 Å². The highest BCUT2D eigenvalue weighted by Gasteiger charge is 2.46. The molecule has 0 unspecified atom stereocenters. The summed E-state index contributed by atoms with van der Waals surface area (Å²) >= 11 is 5.79. The SMILES string of the molecule is COc1ccc(N2C(=O)[C@@H](Cl)[C@H]2CO)cc1. The number of carbonyl (C=O) groups is 1. The molecule has 1 saturated heterocycles. The minimum Gasteiger partial charge on any atom is -0.497 e. The standard InChI is InChI=1S/C11H12ClNO3/c1-16-8-4-2-7(3-5-8)13-9(6-14)10(12)11(13)15/h2-5,9-10,14H,6H2,1H3/t9-,10+/m1/s1. The van der Waals surface area contributed by atoms with Crippen LogP contribution in [0.25, 0.3) is 0 Å². The van der Waals surface area contributed by atoms with Crippen molar-refractivity contribution in [2.75, 3.05) is 18.6 Å². The predicted octanol–water partition coefficient (Wildman–Crippen LogP) is 1.01. The summed E-state index contributed by atoms with van der Waals surface area (Å²) in [6.07, 6.45) is 0. The second-order valence-electron chi connectivity index (χ2n) is 3.56. The van der Waals surface area contributed by atoms with E-state index in [0.717, 1.165) is 11.4 Å². The Bertz CT molecular complexity index is 393. The zero-order valence-corrected chi connectivity index (χ0v) is 9.52. The van der Waals surface area contributed by atoms with Crippen LogP contribution >= 0.6 is 11.6 Å². The summed E-state index contributed by atoms with van der Waals surface area (Å²) in [6.45, 7) is -0.133. The third kappa shape index (κ3) is 1.64. The van der Waals surface area contributed by atoms with Crippen LogP contribution < -0.4 is 9.64 Å². The fourth-order valence-corrected chi connectivity index (χ4v) is 2.04. The molecule has 0 aromatic heterocycles. The molecule has 86 valence electrons. The molecule has 4 nitrogen and oxygen atoms in total. The lowest BCUT2D eigenvalue weighted by molar-refractivity contribution is -0.124. The number of benzene rings is 1. The Morgan fingerprint density at radius 3 is 2.56 bits per heavy atom. The van der Waals surface area contributed by atoms with Gasteiger partial charge in [0.05, 0.1) is 19.8 Å². The molecule has 2 rings (SSSR count). The Balaban J connectivity index is 2.20. The number of halogens is 1. The molecule has 1 amide bonds. The van der Waals surface area contributed by atoms with E-state index in [-0.39, 0.29) is 18.6 Å². The average Bonchev–Trinajstić information content (AvgIpc) is 2.34. The Morgan fingerprint density at radius 1 is 1.44 bits per heavy atom. The second kappa shape index (κ2) is 4.31.